The number of amides is 1. The maximum absolute atomic E-state index is 11.6. The predicted octanol–water partition coefficient (Wildman–Crippen LogP) is 3.18. The van der Waals surface area contributed by atoms with Crippen LogP contribution in [-0.2, 0) is 4.79 Å². The minimum atomic E-state index is -0.385. The van der Waals surface area contributed by atoms with Gasteiger partial charge in [-0.2, -0.15) is 5.10 Å². The molecular weight excluding hydrogens is 419 g/mol. The van der Waals surface area contributed by atoms with Gasteiger partial charge in [-0.15, -0.1) is 0 Å². The van der Waals surface area contributed by atoms with E-state index in [9.17, 15) is 9.90 Å². The first-order chi connectivity index (χ1) is 10.5. The van der Waals surface area contributed by atoms with Crippen LogP contribution < -0.4 is 10.2 Å². The quantitative estimate of drug-likeness (QED) is 0.435. The van der Waals surface area contributed by atoms with Crippen molar-refractivity contribution in [2.24, 2.45) is 5.10 Å². The van der Waals surface area contributed by atoms with Gasteiger partial charge in [0.05, 0.1) is 9.78 Å². The Kier molecular flexibility index (Phi) is 6.02. The van der Waals surface area contributed by atoms with Crippen molar-refractivity contribution in [3.63, 3.8) is 0 Å². The number of hydrogen-bond acceptors (Lipinski definition) is 4. The smallest absolute Gasteiger partial charge is 0.277 e. The van der Waals surface area contributed by atoms with Crippen molar-refractivity contribution in [3.05, 3.63) is 56.6 Å². The Hall–Kier alpha value is -1.80. The van der Waals surface area contributed by atoms with Crippen molar-refractivity contribution in [2.45, 2.75) is 0 Å². The molecule has 2 rings (SSSR count). The number of aromatic hydroxyl groups is 1. The van der Waals surface area contributed by atoms with Gasteiger partial charge in [-0.1, -0.05) is 17.7 Å². The maximum Gasteiger partial charge on any atom is 0.277 e. The third-order valence-electron chi connectivity index (χ3n) is 2.54. The molecule has 2 aromatic carbocycles. The summed E-state index contributed by atoms with van der Waals surface area (Å²) in [5.41, 5.74) is 3.12. The topological polar surface area (TPSA) is 70.9 Å². The average molecular weight is 431 g/mol. The number of halogens is 2. The highest BCUT2D eigenvalue weighted by molar-refractivity contribution is 14.1. The zero-order valence-corrected chi connectivity index (χ0v) is 14.2. The molecule has 0 atom stereocenters. The van der Waals surface area contributed by atoms with Gasteiger partial charge in [0.2, 0.25) is 0 Å². The largest absolute Gasteiger partial charge is 0.507 e. The molecule has 0 fully saturated rings. The number of nitrogens with zero attached hydrogens (tertiary/aromatic N) is 1. The molecular formula is C15H12ClIN2O3. The average Bonchev–Trinajstić information content (AvgIpc) is 2.49. The highest BCUT2D eigenvalue weighted by Crippen LogP contribution is 2.19. The van der Waals surface area contributed by atoms with Crippen LogP contribution in [0.25, 0.3) is 0 Å². The number of ether oxygens (including phenoxy) is 1. The lowest BCUT2D eigenvalue weighted by Crippen LogP contribution is -2.24. The second kappa shape index (κ2) is 8.00. The standard InChI is InChI=1S/C15H12ClIN2O3/c16-11-2-1-3-12(7-11)22-9-15(21)19-18-8-10-4-5-14(20)13(17)6-10/h1-8,20H,9H2,(H,19,21)/b18-8+. The fourth-order valence-corrected chi connectivity index (χ4v) is 2.24. The fraction of sp³-hybridized carbons (Fsp3) is 0.0667. The normalized spacial score (nSPS) is 10.6. The third-order valence-corrected chi connectivity index (χ3v) is 3.64. The molecule has 0 bridgehead atoms. The third kappa shape index (κ3) is 5.19. The summed E-state index contributed by atoms with van der Waals surface area (Å²) in [6.07, 6.45) is 1.49. The van der Waals surface area contributed by atoms with E-state index in [2.05, 4.69) is 10.5 Å². The molecule has 114 valence electrons. The first kappa shape index (κ1) is 16.6. The Morgan fingerprint density at radius 2 is 2.18 bits per heavy atom. The monoisotopic (exact) mass is 430 g/mol. The lowest BCUT2D eigenvalue weighted by molar-refractivity contribution is -0.123. The molecule has 2 aromatic rings. The van der Waals surface area contributed by atoms with Crippen molar-refractivity contribution < 1.29 is 14.6 Å². The zero-order valence-electron chi connectivity index (χ0n) is 11.3. The molecule has 0 saturated carbocycles. The van der Waals surface area contributed by atoms with E-state index >= 15 is 0 Å². The van der Waals surface area contributed by atoms with Crippen LogP contribution in [-0.4, -0.2) is 23.8 Å². The lowest BCUT2D eigenvalue weighted by Gasteiger charge is -2.05. The second-order valence-electron chi connectivity index (χ2n) is 4.25. The van der Waals surface area contributed by atoms with E-state index in [4.69, 9.17) is 16.3 Å². The molecule has 0 radical (unpaired) electrons. The molecule has 0 aliphatic carbocycles. The Balaban J connectivity index is 1.82. The first-order valence-electron chi connectivity index (χ1n) is 6.23. The summed E-state index contributed by atoms with van der Waals surface area (Å²) < 4.78 is 5.99. The Labute approximate surface area is 146 Å². The molecule has 0 saturated heterocycles. The van der Waals surface area contributed by atoms with Gasteiger partial charge >= 0.3 is 0 Å². The highest BCUT2D eigenvalue weighted by Gasteiger charge is 2.02. The maximum atomic E-state index is 11.6. The van der Waals surface area contributed by atoms with Crippen molar-refractivity contribution in [3.8, 4) is 11.5 Å². The SMILES string of the molecule is O=C(COc1cccc(Cl)c1)N/N=C/c1ccc(O)c(I)c1. The van der Waals surface area contributed by atoms with Crippen LogP contribution in [0.15, 0.2) is 47.6 Å². The summed E-state index contributed by atoms with van der Waals surface area (Å²) >= 11 is 7.82. The van der Waals surface area contributed by atoms with E-state index < -0.39 is 0 Å². The Bertz CT molecular complexity index is 707. The number of phenols is 1. The summed E-state index contributed by atoms with van der Waals surface area (Å²) in [4.78, 5) is 11.6. The van der Waals surface area contributed by atoms with Gasteiger partial charge < -0.3 is 9.84 Å². The van der Waals surface area contributed by atoms with Crippen LogP contribution in [0.2, 0.25) is 5.02 Å². The molecule has 0 aromatic heterocycles. The lowest BCUT2D eigenvalue weighted by atomic mass is 10.2. The van der Waals surface area contributed by atoms with Crippen LogP contribution in [0.1, 0.15) is 5.56 Å². The summed E-state index contributed by atoms with van der Waals surface area (Å²) in [6.45, 7) is -0.162. The van der Waals surface area contributed by atoms with E-state index in [1.54, 1.807) is 42.5 Å². The number of rotatable bonds is 5. The molecule has 0 aliphatic heterocycles. The molecule has 0 heterocycles. The zero-order chi connectivity index (χ0) is 15.9. The van der Waals surface area contributed by atoms with Crippen LogP contribution in [0, 0.1) is 3.57 Å². The van der Waals surface area contributed by atoms with E-state index in [0.717, 1.165) is 5.56 Å². The van der Waals surface area contributed by atoms with Gasteiger partial charge in [0.25, 0.3) is 5.91 Å². The molecule has 0 aliphatic rings. The number of benzene rings is 2. The molecule has 0 spiro atoms. The van der Waals surface area contributed by atoms with Crippen molar-refractivity contribution in [2.75, 3.05) is 6.61 Å². The van der Waals surface area contributed by atoms with Gasteiger partial charge in [-0.3, -0.25) is 4.79 Å². The van der Waals surface area contributed by atoms with Gasteiger partial charge in [0.1, 0.15) is 11.5 Å². The molecule has 0 unspecified atom stereocenters. The second-order valence-corrected chi connectivity index (χ2v) is 5.85. The minimum absolute atomic E-state index is 0.162. The highest BCUT2D eigenvalue weighted by atomic mass is 127. The molecule has 22 heavy (non-hydrogen) atoms. The van der Waals surface area contributed by atoms with Gasteiger partial charge in [0, 0.05) is 5.02 Å². The first-order valence-corrected chi connectivity index (χ1v) is 7.69. The van der Waals surface area contributed by atoms with Crippen molar-refractivity contribution >= 4 is 46.3 Å². The van der Waals surface area contributed by atoms with Crippen LogP contribution in [0.4, 0.5) is 0 Å². The molecule has 7 heteroatoms. The van der Waals surface area contributed by atoms with Gasteiger partial charge in [0.15, 0.2) is 6.61 Å². The number of nitrogens with one attached hydrogen (secondary N) is 1. The molecule has 2 N–H and O–H groups in total. The predicted molar refractivity (Wildman–Crippen MR) is 93.5 cm³/mol. The number of hydrogen-bond donors (Lipinski definition) is 2. The Morgan fingerprint density at radius 1 is 1.36 bits per heavy atom. The van der Waals surface area contributed by atoms with Gasteiger partial charge in [-0.05, 0) is 64.6 Å². The van der Waals surface area contributed by atoms with Crippen LogP contribution >= 0.6 is 34.2 Å². The molecule has 1 amide bonds. The van der Waals surface area contributed by atoms with Crippen molar-refractivity contribution in [1.82, 2.24) is 5.43 Å². The van der Waals surface area contributed by atoms with E-state index in [1.807, 2.05) is 22.6 Å². The summed E-state index contributed by atoms with van der Waals surface area (Å²) in [6, 6.07) is 11.8. The van der Waals surface area contributed by atoms with Gasteiger partial charge in [-0.25, -0.2) is 5.43 Å². The van der Waals surface area contributed by atoms with E-state index in [-0.39, 0.29) is 18.3 Å². The van der Waals surface area contributed by atoms with Crippen molar-refractivity contribution in [1.29, 1.82) is 0 Å². The number of carbonyl (C=O) groups is 1. The van der Waals surface area contributed by atoms with Crippen LogP contribution in [0.5, 0.6) is 11.5 Å². The summed E-state index contributed by atoms with van der Waals surface area (Å²) in [5, 5.41) is 13.8. The van der Waals surface area contributed by atoms with E-state index in [1.165, 1.54) is 6.21 Å². The summed E-state index contributed by atoms with van der Waals surface area (Å²) in [5.74, 6) is 0.334. The summed E-state index contributed by atoms with van der Waals surface area (Å²) in [7, 11) is 0. The fourth-order valence-electron chi connectivity index (χ4n) is 1.52. The molecule has 5 nitrogen and oxygen atoms in total. The van der Waals surface area contributed by atoms with E-state index in [0.29, 0.717) is 14.3 Å². The number of phenolic OH excluding ortho intramolecular Hbond substituents is 1. The Morgan fingerprint density at radius 3 is 2.91 bits per heavy atom. The minimum Gasteiger partial charge on any atom is -0.507 e. The van der Waals surface area contributed by atoms with Crippen LogP contribution in [0.3, 0.4) is 0 Å². The number of hydrazone groups is 1. The number of carbonyl (C=O) groups excluding carboxylic acids is 1.